The quantitative estimate of drug-likeness (QED) is 0.608. The van der Waals surface area contributed by atoms with Crippen LogP contribution < -0.4 is 5.32 Å². The molecule has 4 rings (SSSR count). The smallest absolute Gasteiger partial charge is 0.157 e. The summed E-state index contributed by atoms with van der Waals surface area (Å²) in [5, 5.41) is 12.5. The molecule has 0 saturated carbocycles. The molecule has 126 valence electrons. The number of hydrogen-bond acceptors (Lipinski definition) is 4. The lowest BCUT2D eigenvalue weighted by Gasteiger charge is -2.21. The number of aryl methyl sites for hydroxylation is 2. The van der Waals surface area contributed by atoms with Gasteiger partial charge in [0.15, 0.2) is 5.65 Å². The predicted octanol–water partition coefficient (Wildman–Crippen LogP) is 3.40. The summed E-state index contributed by atoms with van der Waals surface area (Å²) in [7, 11) is 0. The zero-order valence-corrected chi connectivity index (χ0v) is 14.3. The van der Waals surface area contributed by atoms with Crippen LogP contribution in [0.25, 0.3) is 5.65 Å². The Morgan fingerprint density at radius 1 is 1.04 bits per heavy atom. The second-order valence-corrected chi connectivity index (χ2v) is 6.17. The van der Waals surface area contributed by atoms with Crippen molar-refractivity contribution in [1.29, 1.82) is 0 Å². The topological polar surface area (TPSA) is 60.0 Å². The molecule has 0 saturated heterocycles. The van der Waals surface area contributed by atoms with Gasteiger partial charge in [-0.25, -0.2) is 4.98 Å². The van der Waals surface area contributed by atoms with Crippen LogP contribution >= 0.6 is 0 Å². The molecule has 6 heteroatoms. The van der Waals surface area contributed by atoms with Crippen molar-refractivity contribution in [3.05, 3.63) is 77.9 Å². The molecule has 0 unspecified atom stereocenters. The summed E-state index contributed by atoms with van der Waals surface area (Å²) in [6, 6.07) is 16.4. The Hall–Kier alpha value is -3.15. The molecule has 0 bridgehead atoms. The zero-order chi connectivity index (χ0) is 17.2. The van der Waals surface area contributed by atoms with Gasteiger partial charge in [0, 0.05) is 30.2 Å². The van der Waals surface area contributed by atoms with Crippen LogP contribution in [0, 0.1) is 13.8 Å². The molecule has 0 spiro atoms. The fourth-order valence-corrected chi connectivity index (χ4v) is 3.01. The minimum absolute atomic E-state index is 0.0654. The summed E-state index contributed by atoms with van der Waals surface area (Å²) in [5.41, 5.74) is 3.96. The highest BCUT2D eigenvalue weighted by Gasteiger charge is 2.15. The van der Waals surface area contributed by atoms with Crippen molar-refractivity contribution in [2.45, 2.75) is 26.4 Å². The van der Waals surface area contributed by atoms with Crippen molar-refractivity contribution in [2.24, 2.45) is 0 Å². The number of nitrogens with zero attached hydrogens (tertiary/aromatic N) is 5. The summed E-state index contributed by atoms with van der Waals surface area (Å²) >= 11 is 0. The van der Waals surface area contributed by atoms with Crippen LogP contribution in [-0.4, -0.2) is 24.4 Å². The summed E-state index contributed by atoms with van der Waals surface area (Å²) < 4.78 is 3.80. The second-order valence-electron chi connectivity index (χ2n) is 6.17. The van der Waals surface area contributed by atoms with Gasteiger partial charge in [-0.05, 0) is 25.5 Å². The van der Waals surface area contributed by atoms with E-state index in [1.165, 1.54) is 5.56 Å². The lowest BCUT2D eigenvalue weighted by molar-refractivity contribution is 0.548. The predicted molar refractivity (Wildman–Crippen MR) is 97.5 cm³/mol. The fraction of sp³-hybridized carbons (Fsp3) is 0.211. The minimum atomic E-state index is 0.0654. The number of hydrogen-bond donors (Lipinski definition) is 1. The molecule has 1 aromatic carbocycles. The molecule has 0 aliphatic heterocycles. The second kappa shape index (κ2) is 6.39. The van der Waals surface area contributed by atoms with E-state index in [9.17, 15) is 0 Å². The van der Waals surface area contributed by atoms with Gasteiger partial charge in [0.1, 0.15) is 5.82 Å². The van der Waals surface area contributed by atoms with Gasteiger partial charge in [-0.3, -0.25) is 4.68 Å². The van der Waals surface area contributed by atoms with Crippen LogP contribution in [0.5, 0.6) is 0 Å². The van der Waals surface area contributed by atoms with E-state index in [0.717, 1.165) is 29.4 Å². The molecular formula is C19H20N6. The average molecular weight is 332 g/mol. The Bertz CT molecular complexity index is 972. The van der Waals surface area contributed by atoms with Crippen LogP contribution in [0.1, 0.15) is 23.0 Å². The number of fused-ring (bicyclic) bond motifs is 1. The molecule has 0 fully saturated rings. The van der Waals surface area contributed by atoms with Crippen LogP contribution in [0.3, 0.4) is 0 Å². The highest BCUT2D eigenvalue weighted by atomic mass is 15.3. The van der Waals surface area contributed by atoms with Gasteiger partial charge in [-0.1, -0.05) is 30.3 Å². The van der Waals surface area contributed by atoms with Crippen LogP contribution in [0.15, 0.2) is 60.9 Å². The normalized spacial score (nSPS) is 12.4. The van der Waals surface area contributed by atoms with Crippen molar-refractivity contribution in [3.8, 4) is 0 Å². The molecule has 0 radical (unpaired) electrons. The fourth-order valence-electron chi connectivity index (χ4n) is 3.01. The van der Waals surface area contributed by atoms with Crippen molar-refractivity contribution in [1.82, 2.24) is 24.4 Å². The monoisotopic (exact) mass is 332 g/mol. The van der Waals surface area contributed by atoms with E-state index in [-0.39, 0.29) is 6.04 Å². The first-order valence-corrected chi connectivity index (χ1v) is 8.32. The summed E-state index contributed by atoms with van der Waals surface area (Å²) in [5.74, 6) is 0.927. The van der Waals surface area contributed by atoms with Crippen molar-refractivity contribution >= 4 is 11.5 Å². The minimum Gasteiger partial charge on any atom is -0.361 e. The number of benzene rings is 1. The molecule has 0 amide bonds. The van der Waals surface area contributed by atoms with Crippen LogP contribution in [0.2, 0.25) is 0 Å². The van der Waals surface area contributed by atoms with Crippen LogP contribution in [-0.2, 0) is 6.54 Å². The molecule has 0 aliphatic carbocycles. The van der Waals surface area contributed by atoms with E-state index in [1.807, 2.05) is 53.5 Å². The number of nitrogens with one attached hydrogen (secondary N) is 1. The van der Waals surface area contributed by atoms with E-state index in [0.29, 0.717) is 0 Å². The first-order chi connectivity index (χ1) is 12.2. The lowest BCUT2D eigenvalue weighted by atomic mass is 10.1. The first-order valence-electron chi connectivity index (χ1n) is 8.32. The molecular weight excluding hydrogens is 312 g/mol. The zero-order valence-electron chi connectivity index (χ0n) is 14.3. The van der Waals surface area contributed by atoms with Gasteiger partial charge in [0.2, 0.25) is 0 Å². The Kier molecular flexibility index (Phi) is 3.93. The van der Waals surface area contributed by atoms with Gasteiger partial charge < -0.3 is 5.32 Å². The number of rotatable bonds is 5. The van der Waals surface area contributed by atoms with E-state index >= 15 is 0 Å². The van der Waals surface area contributed by atoms with E-state index in [1.54, 1.807) is 6.20 Å². The summed E-state index contributed by atoms with van der Waals surface area (Å²) in [6.45, 7) is 4.70. The summed E-state index contributed by atoms with van der Waals surface area (Å²) in [6.07, 6.45) is 3.77. The molecule has 3 aromatic heterocycles. The van der Waals surface area contributed by atoms with Gasteiger partial charge in [0.05, 0.1) is 18.3 Å². The molecule has 25 heavy (non-hydrogen) atoms. The Morgan fingerprint density at radius 2 is 1.88 bits per heavy atom. The maximum absolute atomic E-state index is 4.57. The molecule has 1 atom stereocenters. The Morgan fingerprint density at radius 3 is 2.64 bits per heavy atom. The average Bonchev–Trinajstić information content (AvgIpc) is 3.24. The number of anilines is 1. The van der Waals surface area contributed by atoms with Gasteiger partial charge in [-0.2, -0.15) is 14.7 Å². The maximum Gasteiger partial charge on any atom is 0.157 e. The number of aromatic nitrogens is 5. The van der Waals surface area contributed by atoms with Gasteiger partial charge in [0.25, 0.3) is 0 Å². The highest BCUT2D eigenvalue weighted by Crippen LogP contribution is 2.22. The molecule has 3 heterocycles. The maximum atomic E-state index is 4.57. The van der Waals surface area contributed by atoms with Crippen molar-refractivity contribution in [2.75, 3.05) is 5.32 Å². The standard InChI is InChI=1S/C19H20N6/c1-14-11-19(25-18(21-14)12-15(2)23-25)22-17(13-24-10-6-9-20-24)16-7-4-3-5-8-16/h3-12,17,22H,13H2,1-2H3/t17-/m1/s1. The van der Waals surface area contributed by atoms with Crippen LogP contribution in [0.4, 0.5) is 5.82 Å². The van der Waals surface area contributed by atoms with Gasteiger partial charge >= 0.3 is 0 Å². The third-order valence-electron chi connectivity index (χ3n) is 4.13. The molecule has 6 nitrogen and oxygen atoms in total. The Balaban J connectivity index is 1.73. The van der Waals surface area contributed by atoms with Gasteiger partial charge in [-0.15, -0.1) is 0 Å². The SMILES string of the molecule is Cc1cc(N[C@H](Cn2cccn2)c2ccccc2)n2nc(C)cc2n1. The largest absolute Gasteiger partial charge is 0.361 e. The summed E-state index contributed by atoms with van der Waals surface area (Å²) in [4.78, 5) is 4.56. The van der Waals surface area contributed by atoms with Crippen molar-refractivity contribution < 1.29 is 0 Å². The third kappa shape index (κ3) is 3.24. The molecule has 1 N–H and O–H groups in total. The van der Waals surface area contributed by atoms with E-state index in [4.69, 9.17) is 0 Å². The highest BCUT2D eigenvalue weighted by molar-refractivity contribution is 5.51. The lowest BCUT2D eigenvalue weighted by Crippen LogP contribution is -2.20. The van der Waals surface area contributed by atoms with Crippen molar-refractivity contribution in [3.63, 3.8) is 0 Å². The first kappa shape index (κ1) is 15.4. The third-order valence-corrected chi connectivity index (χ3v) is 4.13. The molecule has 0 aliphatic rings. The molecule has 4 aromatic rings. The van der Waals surface area contributed by atoms with E-state index < -0.39 is 0 Å². The van der Waals surface area contributed by atoms with E-state index in [2.05, 4.69) is 44.8 Å². The Labute approximate surface area is 146 Å².